The van der Waals surface area contributed by atoms with E-state index in [0.29, 0.717) is 27.9 Å². The van der Waals surface area contributed by atoms with Crippen LogP contribution in [0.25, 0.3) is 11.1 Å². The summed E-state index contributed by atoms with van der Waals surface area (Å²) in [5.41, 5.74) is 3.18. The van der Waals surface area contributed by atoms with Gasteiger partial charge >= 0.3 is 5.76 Å². The molecule has 0 fully saturated rings. The normalized spacial score (nSPS) is 12.0. The van der Waals surface area contributed by atoms with Crippen LogP contribution < -0.4 is 11.1 Å². The molecule has 2 aromatic heterocycles. The van der Waals surface area contributed by atoms with Gasteiger partial charge in [0.25, 0.3) is 5.91 Å². The van der Waals surface area contributed by atoms with Gasteiger partial charge in [0.1, 0.15) is 6.67 Å². The topological polar surface area (TPSA) is 88.0 Å². The molecule has 0 saturated carbocycles. The molecule has 2 heterocycles. The molecule has 7 heteroatoms. The molecule has 0 bridgehead atoms. The van der Waals surface area contributed by atoms with Crippen molar-refractivity contribution in [3.63, 3.8) is 0 Å². The van der Waals surface area contributed by atoms with Gasteiger partial charge in [0.2, 0.25) is 0 Å². The highest BCUT2D eigenvalue weighted by molar-refractivity contribution is 5.97. The predicted octanol–water partition coefficient (Wildman–Crippen LogP) is 3.51. The third-order valence-corrected chi connectivity index (χ3v) is 4.41. The lowest BCUT2D eigenvalue weighted by Gasteiger charge is -2.19. The Morgan fingerprint density at radius 3 is 2.68 bits per heavy atom. The number of carbonyl (C=O) groups is 1. The molecule has 1 atom stereocenters. The molecule has 0 aliphatic heterocycles. The summed E-state index contributed by atoms with van der Waals surface area (Å²) in [5, 5.41) is 2.96. The number of amides is 1. The number of pyridine rings is 1. The van der Waals surface area contributed by atoms with Gasteiger partial charge in [0.15, 0.2) is 5.58 Å². The van der Waals surface area contributed by atoms with Crippen molar-refractivity contribution in [2.24, 2.45) is 0 Å². The summed E-state index contributed by atoms with van der Waals surface area (Å²) in [7, 11) is 0. The maximum absolute atomic E-state index is 12.9. The van der Waals surface area contributed by atoms with Crippen LogP contribution in [0.2, 0.25) is 0 Å². The van der Waals surface area contributed by atoms with Crippen molar-refractivity contribution in [2.75, 3.05) is 0 Å². The zero-order valence-corrected chi connectivity index (χ0v) is 14.7. The maximum Gasteiger partial charge on any atom is 0.417 e. The Kier molecular flexibility index (Phi) is 4.72. The zero-order valence-electron chi connectivity index (χ0n) is 14.7. The van der Waals surface area contributed by atoms with E-state index in [2.05, 4.69) is 15.3 Å². The molecule has 140 valence electrons. The van der Waals surface area contributed by atoms with E-state index in [1.54, 1.807) is 54.7 Å². The quantitative estimate of drug-likeness (QED) is 0.557. The van der Waals surface area contributed by atoms with E-state index in [4.69, 9.17) is 4.42 Å². The number of alkyl halides is 1. The van der Waals surface area contributed by atoms with Gasteiger partial charge < -0.3 is 9.73 Å². The number of aromatic nitrogens is 2. The van der Waals surface area contributed by atoms with Gasteiger partial charge in [0.05, 0.1) is 17.3 Å². The van der Waals surface area contributed by atoms with E-state index in [1.807, 2.05) is 12.1 Å². The van der Waals surface area contributed by atoms with Crippen LogP contribution in [-0.4, -0.2) is 15.9 Å². The van der Waals surface area contributed by atoms with Crippen LogP contribution in [0.3, 0.4) is 0 Å². The Morgan fingerprint density at radius 2 is 1.96 bits per heavy atom. The summed E-state index contributed by atoms with van der Waals surface area (Å²) in [6.07, 6.45) is 1.65. The molecule has 6 nitrogen and oxygen atoms in total. The number of nitrogens with one attached hydrogen (secondary N) is 2. The molecule has 0 saturated heterocycles. The van der Waals surface area contributed by atoms with Crippen molar-refractivity contribution in [1.29, 1.82) is 0 Å². The van der Waals surface area contributed by atoms with E-state index in [0.717, 1.165) is 5.56 Å². The fourth-order valence-electron chi connectivity index (χ4n) is 2.98. The number of hydrogen-bond acceptors (Lipinski definition) is 4. The average molecular weight is 377 g/mol. The van der Waals surface area contributed by atoms with Crippen molar-refractivity contribution in [3.8, 4) is 0 Å². The number of benzene rings is 2. The van der Waals surface area contributed by atoms with E-state index >= 15 is 0 Å². The van der Waals surface area contributed by atoms with Gasteiger partial charge in [-0.2, -0.15) is 0 Å². The van der Waals surface area contributed by atoms with Gasteiger partial charge in [-0.1, -0.05) is 30.3 Å². The molecule has 1 amide bonds. The first-order chi connectivity index (χ1) is 13.6. The van der Waals surface area contributed by atoms with Gasteiger partial charge in [0, 0.05) is 11.8 Å². The number of H-pyrrole nitrogens is 1. The molecular formula is C21H16FN3O3. The van der Waals surface area contributed by atoms with Crippen LogP contribution in [-0.2, 0) is 6.67 Å². The maximum atomic E-state index is 12.9. The second-order valence-electron chi connectivity index (χ2n) is 6.26. The van der Waals surface area contributed by atoms with Crippen molar-refractivity contribution in [1.82, 2.24) is 15.3 Å². The van der Waals surface area contributed by atoms with Crippen LogP contribution in [0.5, 0.6) is 0 Å². The minimum Gasteiger partial charge on any atom is -0.408 e. The fraction of sp³-hybridized carbons (Fsp3) is 0.0952. The Balaban J connectivity index is 1.67. The molecule has 0 aliphatic carbocycles. The summed E-state index contributed by atoms with van der Waals surface area (Å²) >= 11 is 0. The van der Waals surface area contributed by atoms with Crippen LogP contribution in [0, 0.1) is 0 Å². The van der Waals surface area contributed by atoms with Crippen molar-refractivity contribution in [2.45, 2.75) is 12.7 Å². The van der Waals surface area contributed by atoms with Gasteiger partial charge in [-0.05, 0) is 41.5 Å². The van der Waals surface area contributed by atoms with Crippen LogP contribution in [0.1, 0.15) is 33.2 Å². The monoisotopic (exact) mass is 377 g/mol. The van der Waals surface area contributed by atoms with Gasteiger partial charge in [-0.25, -0.2) is 9.18 Å². The molecule has 4 rings (SSSR count). The number of nitrogens with zero attached hydrogens (tertiary/aromatic N) is 1. The van der Waals surface area contributed by atoms with Gasteiger partial charge in [-0.15, -0.1) is 0 Å². The number of aromatic amines is 1. The predicted molar refractivity (Wildman–Crippen MR) is 102 cm³/mol. The molecule has 2 aromatic carbocycles. The lowest BCUT2D eigenvalue weighted by Crippen LogP contribution is -2.29. The Morgan fingerprint density at radius 1 is 1.14 bits per heavy atom. The summed E-state index contributed by atoms with van der Waals surface area (Å²) in [5.74, 6) is -0.916. The molecule has 0 aliphatic rings. The number of oxazole rings is 1. The smallest absolute Gasteiger partial charge is 0.408 e. The molecular weight excluding hydrogens is 361 g/mol. The molecule has 2 N–H and O–H groups in total. The van der Waals surface area contributed by atoms with E-state index < -0.39 is 18.5 Å². The lowest BCUT2D eigenvalue weighted by molar-refractivity contribution is 0.0942. The Labute approximate surface area is 159 Å². The average Bonchev–Trinajstić information content (AvgIpc) is 3.11. The highest BCUT2D eigenvalue weighted by Gasteiger charge is 2.19. The molecule has 0 radical (unpaired) electrons. The Hall–Kier alpha value is -3.74. The zero-order chi connectivity index (χ0) is 19.5. The largest absolute Gasteiger partial charge is 0.417 e. The standard InChI is InChI=1S/C21H16FN3O3/c22-12-13-4-6-14(7-5-13)19(16-3-1-2-10-23-16)25-20(26)15-8-9-18-17(11-15)24-21(27)28-18/h1-11,19H,12H2,(H,24,27)(H,25,26)/t19-/m0/s1. The fourth-order valence-corrected chi connectivity index (χ4v) is 2.98. The molecule has 28 heavy (non-hydrogen) atoms. The van der Waals surface area contributed by atoms with Crippen LogP contribution in [0.4, 0.5) is 4.39 Å². The lowest BCUT2D eigenvalue weighted by atomic mass is 10.0. The number of halogens is 1. The Bertz CT molecular complexity index is 1170. The number of rotatable bonds is 5. The summed E-state index contributed by atoms with van der Waals surface area (Å²) < 4.78 is 17.8. The molecule has 4 aromatic rings. The van der Waals surface area contributed by atoms with Crippen molar-refractivity contribution >= 4 is 17.0 Å². The second-order valence-corrected chi connectivity index (χ2v) is 6.26. The summed E-state index contributed by atoms with van der Waals surface area (Å²) in [6.45, 7) is -0.552. The molecule has 0 unspecified atom stereocenters. The van der Waals surface area contributed by atoms with Crippen molar-refractivity contribution < 1.29 is 13.6 Å². The first kappa shape index (κ1) is 17.7. The first-order valence-corrected chi connectivity index (χ1v) is 8.63. The van der Waals surface area contributed by atoms with E-state index in [-0.39, 0.29) is 5.91 Å². The SMILES string of the molecule is O=C(N[C@@H](c1ccc(CF)cc1)c1ccccn1)c1ccc2oc(=O)[nH]c2c1. The van der Waals surface area contributed by atoms with Crippen LogP contribution in [0.15, 0.2) is 76.1 Å². The van der Waals surface area contributed by atoms with E-state index in [9.17, 15) is 14.0 Å². The second kappa shape index (κ2) is 7.48. The highest BCUT2D eigenvalue weighted by atomic mass is 19.1. The highest BCUT2D eigenvalue weighted by Crippen LogP contribution is 2.22. The van der Waals surface area contributed by atoms with Crippen molar-refractivity contribution in [3.05, 3.63) is 99.8 Å². The van der Waals surface area contributed by atoms with Crippen LogP contribution >= 0.6 is 0 Å². The number of hydrogen-bond donors (Lipinski definition) is 2. The number of fused-ring (bicyclic) bond motifs is 1. The summed E-state index contributed by atoms with van der Waals surface area (Å²) in [4.78, 5) is 31.0. The molecule has 0 spiro atoms. The third kappa shape index (κ3) is 3.55. The van der Waals surface area contributed by atoms with E-state index in [1.165, 1.54) is 0 Å². The minimum absolute atomic E-state index is 0.339. The van der Waals surface area contributed by atoms with Gasteiger partial charge in [-0.3, -0.25) is 14.8 Å². The minimum atomic E-state index is -0.577. The first-order valence-electron chi connectivity index (χ1n) is 8.63. The summed E-state index contributed by atoms with van der Waals surface area (Å²) in [6, 6.07) is 16.5. The third-order valence-electron chi connectivity index (χ3n) is 4.41. The number of carbonyl (C=O) groups excluding carboxylic acids is 1.